The molecule has 2 aromatic rings. The van der Waals surface area contributed by atoms with Crippen molar-refractivity contribution in [1.82, 2.24) is 30.5 Å². The monoisotopic (exact) mass is 512 g/mol. The molecule has 4 heterocycles. The summed E-state index contributed by atoms with van der Waals surface area (Å²) in [7, 11) is 1.55. The van der Waals surface area contributed by atoms with E-state index in [1.807, 2.05) is 52.0 Å². The minimum absolute atomic E-state index is 0.0514. The smallest absolute Gasteiger partial charge is 0.247 e. The fourth-order valence-electron chi connectivity index (χ4n) is 6.99. The Labute approximate surface area is 215 Å². The van der Waals surface area contributed by atoms with Crippen LogP contribution in [0, 0.1) is 23.7 Å². The molecule has 3 aliphatic rings. The van der Waals surface area contributed by atoms with Crippen molar-refractivity contribution in [3.63, 3.8) is 0 Å². The lowest BCUT2D eigenvalue weighted by Gasteiger charge is -2.39. The molecule has 3 unspecified atom stereocenters. The number of carbonyl (C=O) groups is 3. The molecule has 11 nitrogen and oxygen atoms in total. The standard InChI is InChI=1S/C26H36N6O5/c1-6-14(2)18(12-33)32-21(23(35)28-13-31-17-10-8-7-9-16(17)29-30-31)26-11-15(3)25(4,37-26)19(22(34)27-5)20(26)24(32)36/h7-10,14-15,18-21,33H,6,11-13H2,1-5H3,(H,27,34)(H,28,35)/t14-,15?,18-,19-,20-,21?,25+,26?/m0/s1. The van der Waals surface area contributed by atoms with Gasteiger partial charge in [0.2, 0.25) is 17.7 Å². The quantitative estimate of drug-likeness (QED) is 0.472. The van der Waals surface area contributed by atoms with Gasteiger partial charge in [0.1, 0.15) is 23.8 Å². The number of rotatable bonds is 8. The lowest BCUT2D eigenvalue weighted by atomic mass is 9.62. The number of nitrogens with zero attached hydrogens (tertiary/aromatic N) is 4. The Hall–Kier alpha value is -3.05. The molecule has 5 rings (SSSR count). The summed E-state index contributed by atoms with van der Waals surface area (Å²) in [5.41, 5.74) is -0.571. The van der Waals surface area contributed by atoms with Gasteiger partial charge in [0.25, 0.3) is 0 Å². The third kappa shape index (κ3) is 3.50. The number of hydrogen-bond donors (Lipinski definition) is 3. The molecule has 8 atom stereocenters. The maximum atomic E-state index is 14.1. The van der Waals surface area contributed by atoms with E-state index in [-0.39, 0.29) is 36.9 Å². The highest BCUT2D eigenvalue weighted by atomic mass is 16.5. The van der Waals surface area contributed by atoms with Crippen LogP contribution >= 0.6 is 0 Å². The maximum absolute atomic E-state index is 14.1. The minimum atomic E-state index is -1.17. The Morgan fingerprint density at radius 3 is 2.70 bits per heavy atom. The van der Waals surface area contributed by atoms with Gasteiger partial charge in [0, 0.05) is 7.05 Å². The second-order valence-corrected chi connectivity index (χ2v) is 11.0. The van der Waals surface area contributed by atoms with Crippen LogP contribution in [0.25, 0.3) is 11.0 Å². The van der Waals surface area contributed by atoms with Crippen LogP contribution in [-0.2, 0) is 25.8 Å². The van der Waals surface area contributed by atoms with Crippen LogP contribution < -0.4 is 10.6 Å². The van der Waals surface area contributed by atoms with Gasteiger partial charge in [-0.2, -0.15) is 0 Å². The van der Waals surface area contributed by atoms with E-state index in [0.717, 1.165) is 5.52 Å². The summed E-state index contributed by atoms with van der Waals surface area (Å²) < 4.78 is 8.26. The fourth-order valence-corrected chi connectivity index (χ4v) is 6.99. The first kappa shape index (κ1) is 25.6. The molecule has 3 amide bonds. The van der Waals surface area contributed by atoms with Crippen LogP contribution in [-0.4, -0.2) is 79.7 Å². The van der Waals surface area contributed by atoms with Gasteiger partial charge in [-0.1, -0.05) is 44.5 Å². The molecule has 1 spiro atoms. The Morgan fingerprint density at radius 2 is 2.03 bits per heavy atom. The molecule has 37 heavy (non-hydrogen) atoms. The zero-order valence-electron chi connectivity index (χ0n) is 22.0. The Morgan fingerprint density at radius 1 is 1.30 bits per heavy atom. The van der Waals surface area contributed by atoms with E-state index in [1.54, 1.807) is 11.7 Å². The van der Waals surface area contributed by atoms with E-state index < -0.39 is 41.0 Å². The number of nitrogens with one attached hydrogen (secondary N) is 2. The summed E-state index contributed by atoms with van der Waals surface area (Å²) in [5.74, 6) is -2.64. The van der Waals surface area contributed by atoms with Gasteiger partial charge in [-0.25, -0.2) is 4.68 Å². The maximum Gasteiger partial charge on any atom is 0.247 e. The van der Waals surface area contributed by atoms with Crippen molar-refractivity contribution in [2.45, 2.75) is 70.5 Å². The van der Waals surface area contributed by atoms with E-state index in [4.69, 9.17) is 4.74 Å². The largest absolute Gasteiger partial charge is 0.394 e. The van der Waals surface area contributed by atoms with Gasteiger partial charge < -0.3 is 25.4 Å². The van der Waals surface area contributed by atoms with Crippen molar-refractivity contribution in [2.24, 2.45) is 23.7 Å². The second kappa shape index (κ2) is 9.05. The van der Waals surface area contributed by atoms with Crippen molar-refractivity contribution in [3.05, 3.63) is 24.3 Å². The number of fused-ring (bicyclic) bond motifs is 2. The van der Waals surface area contributed by atoms with E-state index >= 15 is 0 Å². The number of hydrogen-bond acceptors (Lipinski definition) is 7. The number of ether oxygens (including phenoxy) is 1. The minimum Gasteiger partial charge on any atom is -0.394 e. The Bertz CT molecular complexity index is 1230. The summed E-state index contributed by atoms with van der Waals surface area (Å²) in [4.78, 5) is 42.8. The highest BCUT2D eigenvalue weighted by Gasteiger charge is 2.80. The first-order valence-electron chi connectivity index (χ1n) is 13.0. The highest BCUT2D eigenvalue weighted by molar-refractivity contribution is 5.99. The van der Waals surface area contributed by atoms with E-state index in [9.17, 15) is 19.5 Å². The molecule has 2 bridgehead atoms. The summed E-state index contributed by atoms with van der Waals surface area (Å²) in [6.07, 6.45) is 1.17. The zero-order chi connectivity index (χ0) is 26.7. The van der Waals surface area contributed by atoms with Gasteiger partial charge in [-0.05, 0) is 37.3 Å². The molecule has 200 valence electrons. The van der Waals surface area contributed by atoms with Gasteiger partial charge in [-0.3, -0.25) is 14.4 Å². The molecule has 1 aromatic carbocycles. The number of aromatic nitrogens is 3. The lowest BCUT2D eigenvalue weighted by molar-refractivity contribution is -0.152. The van der Waals surface area contributed by atoms with Crippen LogP contribution in [0.2, 0.25) is 0 Å². The Kier molecular flexibility index (Phi) is 6.26. The van der Waals surface area contributed by atoms with Crippen molar-refractivity contribution < 1.29 is 24.2 Å². The normalized spacial score (nSPS) is 34.0. The summed E-state index contributed by atoms with van der Waals surface area (Å²) in [6, 6.07) is 5.86. The van der Waals surface area contributed by atoms with Crippen LogP contribution in [0.4, 0.5) is 0 Å². The van der Waals surface area contributed by atoms with Gasteiger partial charge in [-0.15, -0.1) is 5.10 Å². The highest BCUT2D eigenvalue weighted by Crippen LogP contribution is 2.65. The second-order valence-electron chi connectivity index (χ2n) is 11.0. The number of benzene rings is 1. The molecular weight excluding hydrogens is 476 g/mol. The third-order valence-electron chi connectivity index (χ3n) is 9.20. The third-order valence-corrected chi connectivity index (χ3v) is 9.20. The van der Waals surface area contributed by atoms with Gasteiger partial charge in [0.05, 0.1) is 35.6 Å². The number of para-hydroxylation sites is 1. The van der Waals surface area contributed by atoms with Crippen molar-refractivity contribution in [1.29, 1.82) is 0 Å². The number of aliphatic hydroxyl groups is 1. The molecule has 0 saturated carbocycles. The van der Waals surface area contributed by atoms with Crippen molar-refractivity contribution in [2.75, 3.05) is 13.7 Å². The molecule has 3 aliphatic heterocycles. The van der Waals surface area contributed by atoms with Crippen molar-refractivity contribution in [3.8, 4) is 0 Å². The number of amides is 3. The predicted molar refractivity (Wildman–Crippen MR) is 134 cm³/mol. The number of likely N-dealkylation sites (tertiary alicyclic amines) is 1. The predicted octanol–water partition coefficient (Wildman–Crippen LogP) is 0.669. The molecule has 11 heteroatoms. The fraction of sp³-hybridized carbons (Fsp3) is 0.654. The van der Waals surface area contributed by atoms with Crippen LogP contribution in [0.5, 0.6) is 0 Å². The summed E-state index contributed by atoms with van der Waals surface area (Å²) in [5, 5.41) is 24.3. The molecule has 3 saturated heterocycles. The average Bonchev–Trinajstić information content (AvgIpc) is 3.56. The SMILES string of the molecule is CC[C@H](C)[C@H](CO)N1C(=O)[C@@H]2[C@@H](C(=O)NC)[C@]3(C)OC2(CC3C)C1C(=O)NCn1nnc2ccccc21. The van der Waals surface area contributed by atoms with Crippen LogP contribution in [0.15, 0.2) is 24.3 Å². The lowest BCUT2D eigenvalue weighted by Crippen LogP contribution is -2.59. The molecule has 1 aromatic heterocycles. The average molecular weight is 513 g/mol. The molecular formula is C26H36N6O5. The first-order valence-corrected chi connectivity index (χ1v) is 13.0. The molecule has 0 radical (unpaired) electrons. The summed E-state index contributed by atoms with van der Waals surface area (Å²) >= 11 is 0. The van der Waals surface area contributed by atoms with Crippen LogP contribution in [0.1, 0.15) is 40.5 Å². The van der Waals surface area contributed by atoms with Gasteiger partial charge >= 0.3 is 0 Å². The number of aliphatic hydroxyl groups excluding tert-OH is 1. The van der Waals surface area contributed by atoms with E-state index in [1.165, 1.54) is 4.90 Å². The number of carbonyl (C=O) groups excluding carboxylic acids is 3. The topological polar surface area (TPSA) is 139 Å². The zero-order valence-corrected chi connectivity index (χ0v) is 22.0. The molecule has 3 fully saturated rings. The Balaban J connectivity index is 1.55. The van der Waals surface area contributed by atoms with E-state index in [0.29, 0.717) is 18.4 Å². The molecule has 0 aliphatic carbocycles. The summed E-state index contributed by atoms with van der Waals surface area (Å²) in [6.45, 7) is 7.57. The van der Waals surface area contributed by atoms with E-state index in [2.05, 4.69) is 20.9 Å². The van der Waals surface area contributed by atoms with Crippen LogP contribution in [0.3, 0.4) is 0 Å². The first-order chi connectivity index (χ1) is 17.6. The van der Waals surface area contributed by atoms with Gasteiger partial charge in [0.15, 0.2) is 0 Å². The van der Waals surface area contributed by atoms with Crippen molar-refractivity contribution >= 4 is 28.8 Å². The molecule has 3 N–H and O–H groups in total.